The topological polar surface area (TPSA) is 83.8 Å². The van der Waals surface area contributed by atoms with E-state index in [0.717, 1.165) is 57.8 Å². The lowest BCUT2D eigenvalue weighted by atomic mass is 10.1. The molecule has 0 aliphatic rings. The van der Waals surface area contributed by atoms with Crippen molar-refractivity contribution < 1.29 is 24.5 Å². The third-order valence-corrected chi connectivity index (χ3v) is 4.60. The number of carbonyl (C=O) groups excluding carboxylic acids is 1. The number of rotatable bonds is 17. The molecule has 5 heteroatoms. The van der Waals surface area contributed by atoms with E-state index in [0.29, 0.717) is 0 Å². The second kappa shape index (κ2) is 15.7. The molecule has 0 rings (SSSR count). The van der Waals surface area contributed by atoms with Crippen LogP contribution in [-0.2, 0) is 14.3 Å². The van der Waals surface area contributed by atoms with E-state index in [1.54, 1.807) is 0 Å². The van der Waals surface area contributed by atoms with Crippen LogP contribution in [0.2, 0.25) is 0 Å². The van der Waals surface area contributed by atoms with E-state index in [-0.39, 0.29) is 12.5 Å². The van der Waals surface area contributed by atoms with Gasteiger partial charge in [0.25, 0.3) is 0 Å². The zero-order valence-electron chi connectivity index (χ0n) is 17.5. The third-order valence-electron chi connectivity index (χ3n) is 4.60. The van der Waals surface area contributed by atoms with Gasteiger partial charge in [-0.15, -0.1) is 0 Å². The molecule has 0 spiro atoms. The normalized spacial score (nSPS) is 13.0. The van der Waals surface area contributed by atoms with Gasteiger partial charge in [0.15, 0.2) is 0 Å². The molecule has 27 heavy (non-hydrogen) atoms. The minimum Gasteiger partial charge on any atom is -0.478 e. The number of aliphatic carboxylic acids is 1. The largest absolute Gasteiger partial charge is 0.478 e. The summed E-state index contributed by atoms with van der Waals surface area (Å²) in [7, 11) is 0. The molecule has 0 radical (unpaired) electrons. The lowest BCUT2D eigenvalue weighted by Crippen LogP contribution is -2.36. The Balaban J connectivity index is 3.51. The Morgan fingerprint density at radius 3 is 2.26 bits per heavy atom. The van der Waals surface area contributed by atoms with Crippen molar-refractivity contribution in [2.45, 2.75) is 116 Å². The molecule has 1 atom stereocenters. The van der Waals surface area contributed by atoms with Crippen LogP contribution in [0.25, 0.3) is 0 Å². The Kier molecular flexibility index (Phi) is 14.9. The van der Waals surface area contributed by atoms with E-state index in [1.807, 2.05) is 0 Å². The number of hydrogen-bond donors (Lipinski definition) is 2. The Hall–Kier alpha value is -1.36. The molecular weight excluding hydrogens is 344 g/mol. The highest BCUT2D eigenvalue weighted by Crippen LogP contribution is 2.14. The molecule has 0 aromatic carbocycles. The lowest BCUT2D eigenvalue weighted by molar-refractivity contribution is -0.174. The summed E-state index contributed by atoms with van der Waals surface area (Å²) < 4.78 is 4.96. The Morgan fingerprint density at radius 2 is 1.59 bits per heavy atom. The summed E-state index contributed by atoms with van der Waals surface area (Å²) in [6.07, 6.45) is 16.8. The molecule has 0 bridgehead atoms. The van der Waals surface area contributed by atoms with Gasteiger partial charge in [-0.3, -0.25) is 4.79 Å². The van der Waals surface area contributed by atoms with Crippen LogP contribution in [0.4, 0.5) is 0 Å². The summed E-state index contributed by atoms with van der Waals surface area (Å²) >= 11 is 0. The molecular formula is C22H40O5. The molecule has 0 aliphatic heterocycles. The molecule has 5 nitrogen and oxygen atoms in total. The fourth-order valence-electron chi connectivity index (χ4n) is 2.74. The minimum atomic E-state index is -1.45. The second-order valence-corrected chi connectivity index (χ2v) is 7.81. The van der Waals surface area contributed by atoms with Gasteiger partial charge in [-0.05, 0) is 46.0 Å². The maximum Gasteiger partial charge on any atom is 0.347 e. The molecule has 0 aromatic rings. The summed E-state index contributed by atoms with van der Waals surface area (Å²) in [5.74, 6) is -1.58. The quantitative estimate of drug-likeness (QED) is 0.199. The van der Waals surface area contributed by atoms with Crippen molar-refractivity contribution in [1.29, 1.82) is 0 Å². The summed E-state index contributed by atoms with van der Waals surface area (Å²) in [6, 6.07) is 0. The first kappa shape index (κ1) is 25.6. The van der Waals surface area contributed by atoms with Crippen molar-refractivity contribution in [3.8, 4) is 0 Å². The molecule has 0 aliphatic carbocycles. The van der Waals surface area contributed by atoms with Gasteiger partial charge in [0.05, 0.1) is 6.10 Å². The summed E-state index contributed by atoms with van der Waals surface area (Å²) in [5, 5.41) is 18.8. The van der Waals surface area contributed by atoms with E-state index in [1.165, 1.54) is 33.1 Å². The zero-order valence-corrected chi connectivity index (χ0v) is 17.5. The predicted molar refractivity (Wildman–Crippen MR) is 109 cm³/mol. The number of aliphatic hydroxyl groups excluding tert-OH is 1. The zero-order chi connectivity index (χ0) is 20.5. The van der Waals surface area contributed by atoms with Crippen molar-refractivity contribution in [3.63, 3.8) is 0 Å². The molecule has 158 valence electrons. The number of hydrogen-bond acceptors (Lipinski definition) is 4. The molecule has 0 saturated heterocycles. The van der Waals surface area contributed by atoms with Crippen LogP contribution >= 0.6 is 0 Å². The van der Waals surface area contributed by atoms with Gasteiger partial charge in [-0.25, -0.2) is 4.79 Å². The SMILES string of the molecule is CCCCCCC(O)C/C=C\CCCCCCCC(=O)OC(C)(C)C(=O)O. The first-order valence-electron chi connectivity index (χ1n) is 10.6. The third kappa shape index (κ3) is 15.4. The standard InChI is InChI=1S/C22H40O5/c1-4-5-6-13-16-19(23)17-14-11-9-7-8-10-12-15-18-20(24)27-22(2,3)21(25)26/h11,14,19,23H,4-10,12-13,15-18H2,1-3H3,(H,25,26)/b14-11-. The molecule has 0 fully saturated rings. The molecule has 0 heterocycles. The number of aliphatic hydroxyl groups is 1. The van der Waals surface area contributed by atoms with Crippen molar-refractivity contribution in [2.24, 2.45) is 0 Å². The predicted octanol–water partition coefficient (Wildman–Crippen LogP) is 5.40. The van der Waals surface area contributed by atoms with Crippen LogP contribution < -0.4 is 0 Å². The van der Waals surface area contributed by atoms with Gasteiger partial charge < -0.3 is 14.9 Å². The maximum atomic E-state index is 11.6. The van der Waals surface area contributed by atoms with Crippen molar-refractivity contribution in [2.75, 3.05) is 0 Å². The molecule has 0 aromatic heterocycles. The van der Waals surface area contributed by atoms with Crippen LogP contribution in [0.15, 0.2) is 12.2 Å². The summed E-state index contributed by atoms with van der Waals surface area (Å²) in [6.45, 7) is 4.95. The van der Waals surface area contributed by atoms with Gasteiger partial charge >= 0.3 is 11.9 Å². The van der Waals surface area contributed by atoms with Gasteiger partial charge in [-0.2, -0.15) is 0 Å². The first-order valence-corrected chi connectivity index (χ1v) is 10.6. The Labute approximate surface area is 165 Å². The van der Waals surface area contributed by atoms with E-state index < -0.39 is 17.5 Å². The lowest BCUT2D eigenvalue weighted by Gasteiger charge is -2.19. The van der Waals surface area contributed by atoms with E-state index in [4.69, 9.17) is 9.84 Å². The number of unbranched alkanes of at least 4 members (excludes halogenated alkanes) is 8. The van der Waals surface area contributed by atoms with Crippen LogP contribution in [0.5, 0.6) is 0 Å². The Bertz CT molecular complexity index is 428. The van der Waals surface area contributed by atoms with Crippen molar-refractivity contribution in [3.05, 3.63) is 12.2 Å². The maximum absolute atomic E-state index is 11.6. The monoisotopic (exact) mass is 384 g/mol. The van der Waals surface area contributed by atoms with Crippen LogP contribution in [0.1, 0.15) is 104 Å². The molecule has 1 unspecified atom stereocenters. The molecule has 0 amide bonds. The van der Waals surface area contributed by atoms with E-state index in [2.05, 4.69) is 19.1 Å². The van der Waals surface area contributed by atoms with Gasteiger partial charge in [0.1, 0.15) is 0 Å². The summed E-state index contributed by atoms with van der Waals surface area (Å²) in [5.41, 5.74) is -1.45. The summed E-state index contributed by atoms with van der Waals surface area (Å²) in [4.78, 5) is 22.5. The number of carbonyl (C=O) groups is 2. The second-order valence-electron chi connectivity index (χ2n) is 7.81. The Morgan fingerprint density at radius 1 is 0.963 bits per heavy atom. The fraction of sp³-hybridized carbons (Fsp3) is 0.818. The molecule has 2 N–H and O–H groups in total. The number of allylic oxidation sites excluding steroid dienone is 1. The average Bonchev–Trinajstić information content (AvgIpc) is 2.59. The minimum absolute atomic E-state index is 0.205. The van der Waals surface area contributed by atoms with E-state index in [9.17, 15) is 14.7 Å². The highest BCUT2D eigenvalue weighted by atomic mass is 16.6. The number of carboxylic acid groups (broad SMARTS) is 1. The van der Waals surface area contributed by atoms with Gasteiger partial charge in [-0.1, -0.05) is 64.0 Å². The number of carboxylic acids is 1. The van der Waals surface area contributed by atoms with Crippen LogP contribution in [-0.4, -0.2) is 33.9 Å². The number of ether oxygens (including phenoxy) is 1. The highest BCUT2D eigenvalue weighted by molar-refractivity contribution is 5.81. The van der Waals surface area contributed by atoms with Crippen molar-refractivity contribution in [1.82, 2.24) is 0 Å². The van der Waals surface area contributed by atoms with E-state index >= 15 is 0 Å². The average molecular weight is 385 g/mol. The van der Waals surface area contributed by atoms with Crippen LogP contribution in [0.3, 0.4) is 0 Å². The smallest absolute Gasteiger partial charge is 0.347 e. The van der Waals surface area contributed by atoms with Crippen molar-refractivity contribution >= 4 is 11.9 Å². The first-order chi connectivity index (χ1) is 12.8. The fourth-order valence-corrected chi connectivity index (χ4v) is 2.74. The highest BCUT2D eigenvalue weighted by Gasteiger charge is 2.31. The van der Waals surface area contributed by atoms with Gasteiger partial charge in [0, 0.05) is 6.42 Å². The van der Waals surface area contributed by atoms with Gasteiger partial charge in [0.2, 0.25) is 5.60 Å². The van der Waals surface area contributed by atoms with Crippen LogP contribution in [0, 0.1) is 0 Å². The molecule has 0 saturated carbocycles. The number of esters is 1.